The first kappa shape index (κ1) is 21.3. The fourth-order valence-electron chi connectivity index (χ4n) is 3.05. The molecule has 0 aliphatic heterocycles. The Bertz CT molecular complexity index is 1240. The molecule has 1 aromatic heterocycles. The fraction of sp³-hybridized carbons (Fsp3) is 0.0800. The second-order valence-corrected chi connectivity index (χ2v) is 7.55. The van der Waals surface area contributed by atoms with Crippen molar-refractivity contribution in [2.75, 3.05) is 0 Å². The standard InChI is InChI=1S/C25H20ClN3O3/c26-20-9-6-18(7-10-20)8-13-24(30)23-12-11-22(14-25(23)31)32-17-21-16-29(28-27-21)15-19-4-2-1-3-5-19/h1-14,16,31H,15,17H2/b13-8+. The zero-order chi connectivity index (χ0) is 22.3. The summed E-state index contributed by atoms with van der Waals surface area (Å²) >= 11 is 5.86. The van der Waals surface area contributed by atoms with E-state index in [0.29, 0.717) is 23.0 Å². The van der Waals surface area contributed by atoms with Crippen molar-refractivity contribution in [1.82, 2.24) is 15.0 Å². The second kappa shape index (κ2) is 9.94. The highest BCUT2D eigenvalue weighted by molar-refractivity contribution is 6.30. The zero-order valence-corrected chi connectivity index (χ0v) is 17.8. The van der Waals surface area contributed by atoms with Crippen molar-refractivity contribution in [1.29, 1.82) is 0 Å². The molecule has 1 heterocycles. The molecule has 0 radical (unpaired) electrons. The molecule has 0 aliphatic carbocycles. The number of nitrogens with zero attached hydrogens (tertiary/aromatic N) is 3. The number of halogens is 1. The Kier molecular flexibility index (Phi) is 6.63. The molecule has 3 aromatic carbocycles. The lowest BCUT2D eigenvalue weighted by molar-refractivity contribution is 0.104. The first-order valence-electron chi connectivity index (χ1n) is 9.93. The third-order valence-corrected chi connectivity index (χ3v) is 4.94. The van der Waals surface area contributed by atoms with Gasteiger partial charge >= 0.3 is 0 Å². The highest BCUT2D eigenvalue weighted by Crippen LogP contribution is 2.25. The van der Waals surface area contributed by atoms with Gasteiger partial charge in [0.2, 0.25) is 0 Å². The molecule has 7 heteroatoms. The first-order chi connectivity index (χ1) is 15.6. The van der Waals surface area contributed by atoms with Crippen LogP contribution in [-0.4, -0.2) is 25.9 Å². The predicted molar refractivity (Wildman–Crippen MR) is 123 cm³/mol. The van der Waals surface area contributed by atoms with Gasteiger partial charge in [-0.05, 0) is 41.5 Å². The fourth-order valence-corrected chi connectivity index (χ4v) is 3.18. The average molecular weight is 446 g/mol. The minimum absolute atomic E-state index is 0.152. The van der Waals surface area contributed by atoms with Gasteiger partial charge in [-0.3, -0.25) is 4.79 Å². The van der Waals surface area contributed by atoms with Gasteiger partial charge in [0, 0.05) is 11.1 Å². The summed E-state index contributed by atoms with van der Waals surface area (Å²) in [4.78, 5) is 12.4. The SMILES string of the molecule is O=C(/C=C/c1ccc(Cl)cc1)c1ccc(OCc2cn(Cc3ccccc3)nn2)cc1O. The number of phenolic OH excluding ortho intramolecular Hbond substituents is 1. The zero-order valence-electron chi connectivity index (χ0n) is 17.1. The number of ketones is 1. The predicted octanol–water partition coefficient (Wildman–Crippen LogP) is 5.16. The smallest absolute Gasteiger partial charge is 0.189 e. The molecule has 0 unspecified atom stereocenters. The molecule has 0 fully saturated rings. The highest BCUT2D eigenvalue weighted by atomic mass is 35.5. The minimum Gasteiger partial charge on any atom is -0.507 e. The van der Waals surface area contributed by atoms with Gasteiger partial charge in [-0.1, -0.05) is 65.4 Å². The lowest BCUT2D eigenvalue weighted by Gasteiger charge is -2.07. The number of aromatic nitrogens is 3. The second-order valence-electron chi connectivity index (χ2n) is 7.11. The maximum Gasteiger partial charge on any atom is 0.189 e. The van der Waals surface area contributed by atoms with Crippen LogP contribution in [0.3, 0.4) is 0 Å². The third kappa shape index (κ3) is 5.62. The number of carbonyl (C=O) groups excluding carboxylic acids is 1. The van der Waals surface area contributed by atoms with Gasteiger partial charge in [-0.25, -0.2) is 4.68 Å². The molecule has 0 aliphatic rings. The van der Waals surface area contributed by atoms with Crippen molar-refractivity contribution < 1.29 is 14.6 Å². The molecule has 0 saturated heterocycles. The Morgan fingerprint density at radius 2 is 1.84 bits per heavy atom. The lowest BCUT2D eigenvalue weighted by Crippen LogP contribution is -2.00. The van der Waals surface area contributed by atoms with Crippen LogP contribution in [0, 0.1) is 0 Å². The van der Waals surface area contributed by atoms with Gasteiger partial charge in [-0.2, -0.15) is 0 Å². The van der Waals surface area contributed by atoms with Crippen molar-refractivity contribution in [3.05, 3.63) is 112 Å². The number of ether oxygens (including phenoxy) is 1. The summed E-state index contributed by atoms with van der Waals surface area (Å²) in [5.74, 6) is -0.0350. The summed E-state index contributed by atoms with van der Waals surface area (Å²) in [5.41, 5.74) is 2.81. The van der Waals surface area contributed by atoms with Crippen LogP contribution in [0.15, 0.2) is 85.1 Å². The van der Waals surface area contributed by atoms with Crippen molar-refractivity contribution >= 4 is 23.5 Å². The van der Waals surface area contributed by atoms with E-state index < -0.39 is 0 Å². The van der Waals surface area contributed by atoms with Crippen LogP contribution in [0.5, 0.6) is 11.5 Å². The molecule has 4 rings (SSSR count). The van der Waals surface area contributed by atoms with Crippen LogP contribution >= 0.6 is 11.6 Å². The summed E-state index contributed by atoms with van der Waals surface area (Å²) in [5, 5.41) is 19.1. The first-order valence-corrected chi connectivity index (χ1v) is 10.3. The number of phenols is 1. The van der Waals surface area contributed by atoms with Gasteiger partial charge in [0.25, 0.3) is 0 Å². The molecule has 0 saturated carbocycles. The van der Waals surface area contributed by atoms with Crippen molar-refractivity contribution in [3.8, 4) is 11.5 Å². The number of hydrogen-bond donors (Lipinski definition) is 1. The minimum atomic E-state index is -0.312. The van der Waals surface area contributed by atoms with E-state index in [9.17, 15) is 9.90 Å². The molecule has 4 aromatic rings. The molecule has 1 N–H and O–H groups in total. The van der Waals surface area contributed by atoms with E-state index >= 15 is 0 Å². The molecular formula is C25H20ClN3O3. The Morgan fingerprint density at radius 1 is 1.06 bits per heavy atom. The highest BCUT2D eigenvalue weighted by Gasteiger charge is 2.10. The van der Waals surface area contributed by atoms with E-state index in [1.807, 2.05) is 36.5 Å². The molecule has 6 nitrogen and oxygen atoms in total. The summed E-state index contributed by atoms with van der Waals surface area (Å²) in [6.07, 6.45) is 4.89. The molecule has 0 amide bonds. The largest absolute Gasteiger partial charge is 0.507 e. The Balaban J connectivity index is 1.35. The molecule has 0 spiro atoms. The number of allylic oxidation sites excluding steroid dienone is 1. The Hall–Kier alpha value is -3.90. The Morgan fingerprint density at radius 3 is 2.59 bits per heavy atom. The van der Waals surface area contributed by atoms with Gasteiger partial charge in [0.15, 0.2) is 5.78 Å². The number of aromatic hydroxyl groups is 1. The van der Waals surface area contributed by atoms with E-state index in [2.05, 4.69) is 10.3 Å². The van der Waals surface area contributed by atoms with Crippen LogP contribution in [0.1, 0.15) is 27.2 Å². The van der Waals surface area contributed by atoms with Gasteiger partial charge in [-0.15, -0.1) is 5.10 Å². The normalized spacial score (nSPS) is 11.0. The topological polar surface area (TPSA) is 77.2 Å². The van der Waals surface area contributed by atoms with E-state index in [4.69, 9.17) is 16.3 Å². The summed E-state index contributed by atoms with van der Waals surface area (Å²) in [6, 6.07) is 21.6. The summed E-state index contributed by atoms with van der Waals surface area (Å²) < 4.78 is 7.43. The number of carbonyl (C=O) groups is 1. The van der Waals surface area contributed by atoms with E-state index in [0.717, 1.165) is 11.1 Å². The van der Waals surface area contributed by atoms with E-state index in [1.165, 1.54) is 18.2 Å². The van der Waals surface area contributed by atoms with Crippen LogP contribution in [0.4, 0.5) is 0 Å². The Labute approximate surface area is 190 Å². The maximum atomic E-state index is 12.4. The maximum absolute atomic E-state index is 12.4. The quantitative estimate of drug-likeness (QED) is 0.299. The number of hydrogen-bond acceptors (Lipinski definition) is 5. The molecule has 0 atom stereocenters. The van der Waals surface area contributed by atoms with Crippen LogP contribution in [-0.2, 0) is 13.2 Å². The molecular weight excluding hydrogens is 426 g/mol. The average Bonchev–Trinajstić information content (AvgIpc) is 3.25. The van der Waals surface area contributed by atoms with Gasteiger partial charge in [0.1, 0.15) is 23.8 Å². The van der Waals surface area contributed by atoms with Crippen molar-refractivity contribution in [3.63, 3.8) is 0 Å². The van der Waals surface area contributed by atoms with Crippen LogP contribution < -0.4 is 4.74 Å². The molecule has 32 heavy (non-hydrogen) atoms. The summed E-state index contributed by atoms with van der Waals surface area (Å²) in [7, 11) is 0. The molecule has 0 bridgehead atoms. The monoisotopic (exact) mass is 445 g/mol. The van der Waals surface area contributed by atoms with Crippen LogP contribution in [0.2, 0.25) is 5.02 Å². The number of benzene rings is 3. The van der Waals surface area contributed by atoms with Gasteiger partial charge in [0.05, 0.1) is 18.3 Å². The van der Waals surface area contributed by atoms with Crippen molar-refractivity contribution in [2.45, 2.75) is 13.2 Å². The van der Waals surface area contributed by atoms with Crippen molar-refractivity contribution in [2.24, 2.45) is 0 Å². The lowest BCUT2D eigenvalue weighted by atomic mass is 10.1. The van der Waals surface area contributed by atoms with E-state index in [-0.39, 0.29) is 23.7 Å². The van der Waals surface area contributed by atoms with Crippen LogP contribution in [0.25, 0.3) is 6.08 Å². The summed E-state index contributed by atoms with van der Waals surface area (Å²) in [6.45, 7) is 0.812. The number of rotatable bonds is 8. The molecule has 160 valence electrons. The van der Waals surface area contributed by atoms with E-state index in [1.54, 1.807) is 41.1 Å². The third-order valence-electron chi connectivity index (χ3n) is 4.69. The van der Waals surface area contributed by atoms with Gasteiger partial charge < -0.3 is 9.84 Å².